The Morgan fingerprint density at radius 1 is 1.38 bits per heavy atom. The van der Waals surface area contributed by atoms with E-state index in [0.717, 1.165) is 19.5 Å². The molecule has 3 atom stereocenters. The summed E-state index contributed by atoms with van der Waals surface area (Å²) in [5.74, 6) is 0.436. The maximum absolute atomic E-state index is 12.4. The number of aryl methyl sites for hydroxylation is 1. The first-order valence-electron chi connectivity index (χ1n) is 8.82. The molecule has 5 heteroatoms. The third-order valence-corrected chi connectivity index (χ3v) is 5.03. The number of amides is 1. The smallest absolute Gasteiger partial charge is 0.223 e. The number of ether oxygens (including phenoxy) is 1. The predicted octanol–water partition coefficient (Wildman–Crippen LogP) is 1.30. The van der Waals surface area contributed by atoms with Crippen molar-refractivity contribution in [1.29, 1.82) is 0 Å². The van der Waals surface area contributed by atoms with Crippen LogP contribution in [0.2, 0.25) is 0 Å². The number of benzene rings is 1. The fourth-order valence-electron chi connectivity index (χ4n) is 3.54. The van der Waals surface area contributed by atoms with Crippen LogP contribution < -0.4 is 5.32 Å². The van der Waals surface area contributed by atoms with Crippen LogP contribution in [0.4, 0.5) is 0 Å². The Balaban J connectivity index is 1.46. The number of hydrogen-bond acceptors (Lipinski definition) is 4. The summed E-state index contributed by atoms with van der Waals surface area (Å²) in [6, 6.07) is 8.26. The molecule has 1 heterocycles. The molecule has 2 fully saturated rings. The lowest BCUT2D eigenvalue weighted by molar-refractivity contribution is -0.123. The summed E-state index contributed by atoms with van der Waals surface area (Å²) in [7, 11) is 0. The van der Waals surface area contributed by atoms with Gasteiger partial charge in [0.25, 0.3) is 0 Å². The summed E-state index contributed by atoms with van der Waals surface area (Å²) >= 11 is 0. The normalized spacial score (nSPS) is 26.6. The largest absolute Gasteiger partial charge is 0.387 e. The maximum atomic E-state index is 12.4. The average Bonchev–Trinajstić information content (AvgIpc) is 3.34. The summed E-state index contributed by atoms with van der Waals surface area (Å²) in [6.07, 6.45) is 0.905. The van der Waals surface area contributed by atoms with Crippen LogP contribution in [0, 0.1) is 12.8 Å². The zero-order valence-corrected chi connectivity index (χ0v) is 14.6. The van der Waals surface area contributed by atoms with Crippen molar-refractivity contribution in [2.24, 2.45) is 5.92 Å². The number of nitrogens with one attached hydrogen (secondary N) is 1. The van der Waals surface area contributed by atoms with Crippen LogP contribution in [0.15, 0.2) is 24.3 Å². The summed E-state index contributed by atoms with van der Waals surface area (Å²) in [5, 5.41) is 13.5. The minimum absolute atomic E-state index is 0.0466. The van der Waals surface area contributed by atoms with Gasteiger partial charge in [0.15, 0.2) is 0 Å². The number of carbonyl (C=O) groups excluding carboxylic acids is 1. The van der Waals surface area contributed by atoms with Gasteiger partial charge in [-0.3, -0.25) is 9.69 Å². The molecule has 24 heavy (non-hydrogen) atoms. The molecule has 0 radical (unpaired) electrons. The van der Waals surface area contributed by atoms with Crippen molar-refractivity contribution >= 4 is 5.91 Å². The van der Waals surface area contributed by atoms with Crippen molar-refractivity contribution < 1.29 is 14.6 Å². The highest BCUT2D eigenvalue weighted by molar-refractivity contribution is 5.83. The Labute approximate surface area is 144 Å². The Morgan fingerprint density at radius 2 is 2.08 bits per heavy atom. The lowest BCUT2D eigenvalue weighted by Crippen LogP contribution is -2.51. The minimum atomic E-state index is -0.917. The van der Waals surface area contributed by atoms with Gasteiger partial charge in [0, 0.05) is 32.1 Å². The Morgan fingerprint density at radius 3 is 2.79 bits per heavy atom. The molecule has 1 saturated heterocycles. The van der Waals surface area contributed by atoms with Gasteiger partial charge in [-0.25, -0.2) is 0 Å². The number of rotatable bonds is 6. The molecule has 0 bridgehead atoms. The summed E-state index contributed by atoms with van der Waals surface area (Å²) in [6.45, 7) is 7.82. The van der Waals surface area contributed by atoms with Crippen molar-refractivity contribution in [2.45, 2.75) is 31.8 Å². The third-order valence-electron chi connectivity index (χ3n) is 5.03. The number of carbonyl (C=O) groups is 1. The molecule has 3 rings (SSSR count). The lowest BCUT2D eigenvalue weighted by atomic mass is 10.0. The highest BCUT2D eigenvalue weighted by Crippen LogP contribution is 2.48. The second-order valence-corrected chi connectivity index (χ2v) is 7.41. The first kappa shape index (κ1) is 17.4. The van der Waals surface area contributed by atoms with Crippen molar-refractivity contribution in [1.82, 2.24) is 10.2 Å². The first-order valence-corrected chi connectivity index (χ1v) is 8.82. The molecule has 0 aromatic heterocycles. The molecule has 1 saturated carbocycles. The van der Waals surface area contributed by atoms with E-state index in [9.17, 15) is 9.90 Å². The molecule has 2 aliphatic rings. The zero-order valence-electron chi connectivity index (χ0n) is 14.6. The number of β-amino-alcohol motifs (C(OH)–C–C–N with tert-alkyl or cyclic N) is 1. The highest BCUT2D eigenvalue weighted by atomic mass is 16.5. The van der Waals surface area contributed by atoms with Crippen molar-refractivity contribution in [3.05, 3.63) is 35.4 Å². The van der Waals surface area contributed by atoms with E-state index in [4.69, 9.17) is 4.74 Å². The van der Waals surface area contributed by atoms with E-state index in [-0.39, 0.29) is 11.8 Å². The second kappa shape index (κ2) is 7.21. The molecule has 1 aromatic carbocycles. The van der Waals surface area contributed by atoms with Gasteiger partial charge in [-0.1, -0.05) is 24.3 Å². The Hall–Kier alpha value is -1.43. The highest BCUT2D eigenvalue weighted by Gasteiger charge is 2.44. The van der Waals surface area contributed by atoms with Gasteiger partial charge >= 0.3 is 0 Å². The van der Waals surface area contributed by atoms with E-state index in [1.807, 2.05) is 12.1 Å². The van der Waals surface area contributed by atoms with Gasteiger partial charge in [0.2, 0.25) is 5.91 Å². The topological polar surface area (TPSA) is 61.8 Å². The van der Waals surface area contributed by atoms with E-state index in [1.54, 1.807) is 6.92 Å². The summed E-state index contributed by atoms with van der Waals surface area (Å²) in [5.41, 5.74) is 1.61. The number of aliphatic hydroxyl groups is 1. The second-order valence-electron chi connectivity index (χ2n) is 7.41. The molecule has 2 N–H and O–H groups in total. The standard InChI is InChI=1S/C19H28N2O3/c1-14-5-3-4-6-15(14)16-11-17(16)18(22)20-12-19(2,23)13-21-7-9-24-10-8-21/h3-6,16-17,23H,7-13H2,1-2H3,(H,20,22)/t16-,17+,19+/m0/s1. The molecule has 1 aliphatic heterocycles. The van der Waals surface area contributed by atoms with Gasteiger partial charge in [0.05, 0.1) is 18.8 Å². The van der Waals surface area contributed by atoms with Crippen LogP contribution in [0.5, 0.6) is 0 Å². The monoisotopic (exact) mass is 332 g/mol. The predicted molar refractivity (Wildman–Crippen MR) is 92.9 cm³/mol. The number of morpholine rings is 1. The van der Waals surface area contributed by atoms with Crippen LogP contribution in [0.3, 0.4) is 0 Å². The van der Waals surface area contributed by atoms with Crippen molar-refractivity contribution in [3.8, 4) is 0 Å². The Bertz CT molecular complexity index is 582. The molecule has 0 spiro atoms. The van der Waals surface area contributed by atoms with E-state index in [0.29, 0.717) is 32.2 Å². The third kappa shape index (κ3) is 4.35. The van der Waals surface area contributed by atoms with Crippen molar-refractivity contribution in [3.63, 3.8) is 0 Å². The Kier molecular flexibility index (Phi) is 5.23. The zero-order chi connectivity index (χ0) is 17.2. The quantitative estimate of drug-likeness (QED) is 0.824. The lowest BCUT2D eigenvalue weighted by Gasteiger charge is -2.33. The van der Waals surface area contributed by atoms with Gasteiger partial charge in [0.1, 0.15) is 0 Å². The van der Waals surface area contributed by atoms with E-state index in [1.165, 1.54) is 11.1 Å². The molecule has 0 unspecified atom stereocenters. The number of hydrogen-bond donors (Lipinski definition) is 2. The maximum Gasteiger partial charge on any atom is 0.223 e. The van der Waals surface area contributed by atoms with Gasteiger partial charge < -0.3 is 15.2 Å². The van der Waals surface area contributed by atoms with Crippen LogP contribution in [0.1, 0.15) is 30.4 Å². The molecule has 1 aliphatic carbocycles. The van der Waals surface area contributed by atoms with E-state index >= 15 is 0 Å². The fourth-order valence-corrected chi connectivity index (χ4v) is 3.54. The fraction of sp³-hybridized carbons (Fsp3) is 0.632. The van der Waals surface area contributed by atoms with Crippen LogP contribution in [0.25, 0.3) is 0 Å². The van der Waals surface area contributed by atoms with Gasteiger partial charge in [-0.2, -0.15) is 0 Å². The van der Waals surface area contributed by atoms with Crippen LogP contribution in [-0.2, 0) is 9.53 Å². The molecular weight excluding hydrogens is 304 g/mol. The summed E-state index contributed by atoms with van der Waals surface area (Å²) < 4.78 is 5.32. The van der Waals surface area contributed by atoms with E-state index < -0.39 is 5.60 Å². The molecule has 1 amide bonds. The summed E-state index contributed by atoms with van der Waals surface area (Å²) in [4.78, 5) is 14.6. The molecule has 5 nitrogen and oxygen atoms in total. The van der Waals surface area contributed by atoms with Gasteiger partial charge in [-0.15, -0.1) is 0 Å². The van der Waals surface area contributed by atoms with Crippen LogP contribution >= 0.6 is 0 Å². The number of nitrogens with zero attached hydrogens (tertiary/aromatic N) is 1. The van der Waals surface area contributed by atoms with Gasteiger partial charge in [-0.05, 0) is 37.3 Å². The first-order chi connectivity index (χ1) is 11.5. The average molecular weight is 332 g/mol. The van der Waals surface area contributed by atoms with Crippen LogP contribution in [-0.4, -0.2) is 60.9 Å². The van der Waals surface area contributed by atoms with E-state index in [2.05, 4.69) is 29.3 Å². The molecular formula is C19H28N2O3. The van der Waals surface area contributed by atoms with Crippen molar-refractivity contribution in [2.75, 3.05) is 39.4 Å². The molecule has 132 valence electrons. The molecule has 1 aromatic rings. The minimum Gasteiger partial charge on any atom is -0.387 e. The SMILES string of the molecule is Cc1ccccc1[C@@H]1C[C@H]1C(=O)NC[C@@](C)(O)CN1CCOCC1.